The Morgan fingerprint density at radius 2 is 2.19 bits per heavy atom. The zero-order valence-electron chi connectivity index (χ0n) is 11.0. The first-order chi connectivity index (χ1) is 10.0. The molecule has 0 aromatic heterocycles. The first-order valence-electron chi connectivity index (χ1n) is 5.78. The molecule has 0 aliphatic carbocycles. The van der Waals surface area contributed by atoms with Crippen molar-refractivity contribution in [2.24, 2.45) is 5.10 Å². The second-order valence-corrected chi connectivity index (χ2v) is 4.56. The molecule has 0 aliphatic rings. The number of nitrogens with one attached hydrogen (secondary N) is 1. The number of anilines is 1. The molecule has 0 spiro atoms. The molecule has 0 saturated carbocycles. The molecule has 0 heterocycles. The number of halogens is 1. The topological polar surface area (TPSA) is 124 Å². The molecule has 108 valence electrons. The van der Waals surface area contributed by atoms with E-state index in [1.54, 1.807) is 12.1 Å². The number of hydrazone groups is 1. The van der Waals surface area contributed by atoms with Crippen LogP contribution in [0.5, 0.6) is 5.75 Å². The van der Waals surface area contributed by atoms with Gasteiger partial charge in [0.25, 0.3) is 5.69 Å². The van der Waals surface area contributed by atoms with Gasteiger partial charge in [-0.05, 0) is 22.4 Å². The van der Waals surface area contributed by atoms with E-state index in [0.717, 1.165) is 6.42 Å². The molecule has 1 rings (SSSR count). The molecule has 1 aromatic carbocycles. The van der Waals surface area contributed by atoms with Crippen LogP contribution in [0.4, 0.5) is 11.4 Å². The lowest BCUT2D eigenvalue weighted by atomic mass is 10.2. The minimum Gasteiger partial charge on any atom is -0.492 e. The maximum absolute atomic E-state index is 11.0. The molecule has 9 heteroatoms. The normalized spacial score (nSPS) is 9.14. The van der Waals surface area contributed by atoms with Gasteiger partial charge in [-0.25, -0.2) is 0 Å². The number of nitro groups is 1. The van der Waals surface area contributed by atoms with Gasteiger partial charge >= 0.3 is 0 Å². The van der Waals surface area contributed by atoms with Gasteiger partial charge in [-0.2, -0.15) is 15.6 Å². The van der Waals surface area contributed by atoms with Crippen molar-refractivity contribution in [1.82, 2.24) is 0 Å². The second-order valence-electron chi connectivity index (χ2n) is 3.70. The summed E-state index contributed by atoms with van der Waals surface area (Å²) in [6, 6.07) is 5.74. The maximum Gasteiger partial charge on any atom is 0.295 e. The van der Waals surface area contributed by atoms with Crippen LogP contribution in [0.3, 0.4) is 0 Å². The summed E-state index contributed by atoms with van der Waals surface area (Å²) in [6.45, 7) is 2.37. The van der Waals surface area contributed by atoms with Gasteiger partial charge in [-0.3, -0.25) is 15.5 Å². The van der Waals surface area contributed by atoms with Crippen LogP contribution in [0.2, 0.25) is 0 Å². The number of nitro benzene ring substituents is 1. The quantitative estimate of drug-likeness (QED) is 0.477. The molecule has 1 aromatic rings. The first-order valence-corrected chi connectivity index (χ1v) is 6.57. The minimum atomic E-state index is -0.607. The zero-order valence-corrected chi connectivity index (χ0v) is 12.5. The highest BCUT2D eigenvalue weighted by atomic mass is 79.9. The van der Waals surface area contributed by atoms with E-state index in [4.69, 9.17) is 15.3 Å². The fourth-order valence-corrected chi connectivity index (χ4v) is 1.74. The summed E-state index contributed by atoms with van der Waals surface area (Å²) in [6.07, 6.45) is 0.775. The SMILES string of the molecule is CCCOc1cc(NN=C(C#N)C#N)c([N+](=O)[O-])cc1Br. The van der Waals surface area contributed by atoms with Crippen molar-refractivity contribution < 1.29 is 9.66 Å². The largest absolute Gasteiger partial charge is 0.492 e. The molecular weight excluding hydrogens is 342 g/mol. The summed E-state index contributed by atoms with van der Waals surface area (Å²) < 4.78 is 5.86. The van der Waals surface area contributed by atoms with Crippen LogP contribution in [-0.4, -0.2) is 17.2 Å². The average Bonchev–Trinajstić information content (AvgIpc) is 2.47. The number of nitrogens with zero attached hydrogens (tertiary/aromatic N) is 4. The van der Waals surface area contributed by atoms with Crippen molar-refractivity contribution >= 4 is 33.0 Å². The van der Waals surface area contributed by atoms with E-state index in [2.05, 4.69) is 26.5 Å². The molecule has 0 bridgehead atoms. The van der Waals surface area contributed by atoms with Gasteiger partial charge in [0, 0.05) is 12.1 Å². The Hall–Kier alpha value is -2.65. The summed E-state index contributed by atoms with van der Waals surface area (Å²) >= 11 is 3.19. The molecule has 1 N–H and O–H groups in total. The molecule has 0 amide bonds. The fourth-order valence-electron chi connectivity index (χ4n) is 1.30. The molecule has 0 unspecified atom stereocenters. The van der Waals surface area contributed by atoms with E-state index in [0.29, 0.717) is 16.8 Å². The summed E-state index contributed by atoms with van der Waals surface area (Å²) in [5, 5.41) is 31.7. The van der Waals surface area contributed by atoms with Crippen molar-refractivity contribution in [1.29, 1.82) is 10.5 Å². The van der Waals surface area contributed by atoms with Crippen LogP contribution in [0, 0.1) is 32.8 Å². The Morgan fingerprint density at radius 1 is 1.52 bits per heavy atom. The lowest BCUT2D eigenvalue weighted by Crippen LogP contribution is -2.02. The maximum atomic E-state index is 11.0. The third-order valence-corrected chi connectivity index (χ3v) is 2.83. The molecule has 0 saturated heterocycles. The summed E-state index contributed by atoms with van der Waals surface area (Å²) in [5.74, 6) is 0.399. The van der Waals surface area contributed by atoms with Crippen molar-refractivity contribution in [3.8, 4) is 17.9 Å². The minimum absolute atomic E-state index is 0.0253. The molecule has 0 fully saturated rings. The lowest BCUT2D eigenvalue weighted by Gasteiger charge is -2.09. The predicted molar refractivity (Wildman–Crippen MR) is 78.9 cm³/mol. The van der Waals surface area contributed by atoms with Gasteiger partial charge in [0.2, 0.25) is 5.71 Å². The third kappa shape index (κ3) is 4.44. The van der Waals surface area contributed by atoms with E-state index in [1.807, 2.05) is 6.92 Å². The molecule has 21 heavy (non-hydrogen) atoms. The Kier molecular flexibility index (Phi) is 6.11. The van der Waals surface area contributed by atoms with Gasteiger partial charge in [-0.1, -0.05) is 6.92 Å². The number of hydrogen-bond donors (Lipinski definition) is 1. The van der Waals surface area contributed by atoms with Gasteiger partial charge in [-0.15, -0.1) is 0 Å². The van der Waals surface area contributed by atoms with Crippen LogP contribution in [0.1, 0.15) is 13.3 Å². The van der Waals surface area contributed by atoms with Gasteiger partial charge in [0.05, 0.1) is 16.0 Å². The number of benzene rings is 1. The van der Waals surface area contributed by atoms with Gasteiger partial charge < -0.3 is 4.74 Å². The monoisotopic (exact) mass is 351 g/mol. The van der Waals surface area contributed by atoms with E-state index in [-0.39, 0.29) is 11.4 Å². The van der Waals surface area contributed by atoms with E-state index in [9.17, 15) is 10.1 Å². The van der Waals surface area contributed by atoms with E-state index < -0.39 is 10.6 Å². The number of nitriles is 2. The van der Waals surface area contributed by atoms with Crippen LogP contribution >= 0.6 is 15.9 Å². The number of hydrogen-bond acceptors (Lipinski definition) is 7. The third-order valence-electron chi connectivity index (χ3n) is 2.21. The van der Waals surface area contributed by atoms with Crippen molar-refractivity contribution in [3.05, 3.63) is 26.7 Å². The summed E-state index contributed by atoms with van der Waals surface area (Å²) in [7, 11) is 0. The summed E-state index contributed by atoms with van der Waals surface area (Å²) in [5.41, 5.74) is 1.67. The highest BCUT2D eigenvalue weighted by Gasteiger charge is 2.18. The Labute approximate surface area is 128 Å². The van der Waals surface area contributed by atoms with Crippen molar-refractivity contribution in [3.63, 3.8) is 0 Å². The molecule has 0 atom stereocenters. The van der Waals surface area contributed by atoms with Crippen LogP contribution < -0.4 is 10.2 Å². The molecule has 0 radical (unpaired) electrons. The smallest absolute Gasteiger partial charge is 0.295 e. The fraction of sp³-hybridized carbons (Fsp3) is 0.250. The molecule has 0 aliphatic heterocycles. The van der Waals surface area contributed by atoms with Crippen LogP contribution in [0.15, 0.2) is 21.7 Å². The summed E-state index contributed by atoms with van der Waals surface area (Å²) in [4.78, 5) is 10.4. The Balaban J connectivity index is 3.21. The Bertz CT molecular complexity index is 644. The second kappa shape index (κ2) is 7.82. The van der Waals surface area contributed by atoms with E-state index in [1.165, 1.54) is 12.1 Å². The standard InChI is InChI=1S/C12H10BrN5O3/c1-2-3-21-12-5-10(17-16-8(6-14)7-15)11(18(19)20)4-9(12)13/h4-5,17H,2-3H2,1H3. The van der Waals surface area contributed by atoms with Crippen LogP contribution in [-0.2, 0) is 0 Å². The van der Waals surface area contributed by atoms with Gasteiger partial charge in [0.1, 0.15) is 23.6 Å². The van der Waals surface area contributed by atoms with Gasteiger partial charge in [0.15, 0.2) is 0 Å². The number of ether oxygens (including phenoxy) is 1. The Morgan fingerprint density at radius 3 is 2.71 bits per heavy atom. The van der Waals surface area contributed by atoms with Crippen LogP contribution in [0.25, 0.3) is 0 Å². The lowest BCUT2D eigenvalue weighted by molar-refractivity contribution is -0.384. The highest BCUT2D eigenvalue weighted by Crippen LogP contribution is 2.36. The average molecular weight is 352 g/mol. The molecule has 8 nitrogen and oxygen atoms in total. The highest BCUT2D eigenvalue weighted by molar-refractivity contribution is 9.10. The van der Waals surface area contributed by atoms with Crippen molar-refractivity contribution in [2.75, 3.05) is 12.0 Å². The first kappa shape index (κ1) is 16.4. The number of rotatable bonds is 6. The zero-order chi connectivity index (χ0) is 15.8. The van der Waals surface area contributed by atoms with E-state index >= 15 is 0 Å². The van der Waals surface area contributed by atoms with Crippen molar-refractivity contribution in [2.45, 2.75) is 13.3 Å². The predicted octanol–water partition coefficient (Wildman–Crippen LogP) is 2.96. The molecular formula is C12H10BrN5O3.